The van der Waals surface area contributed by atoms with Gasteiger partial charge in [0.05, 0.1) is 6.54 Å². The van der Waals surface area contributed by atoms with Crippen LogP contribution in [0.3, 0.4) is 0 Å². The van der Waals surface area contributed by atoms with Crippen LogP contribution in [-0.2, 0) is 11.3 Å². The molecule has 0 atom stereocenters. The zero-order chi connectivity index (χ0) is 14.2. The molecule has 1 N–H and O–H groups in total. The normalized spacial score (nSPS) is 16.0. The van der Waals surface area contributed by atoms with Gasteiger partial charge in [-0.1, -0.05) is 12.1 Å². The SMILES string of the molecule is C=CCN(Cc1cccs1)C(=O)CCC1CCNCC1. The van der Waals surface area contributed by atoms with Crippen molar-refractivity contribution in [3.8, 4) is 0 Å². The second-order valence-corrected chi connectivity index (χ2v) is 6.41. The summed E-state index contributed by atoms with van der Waals surface area (Å²) in [5.41, 5.74) is 0. The molecule has 0 bridgehead atoms. The minimum Gasteiger partial charge on any atom is -0.334 e. The largest absolute Gasteiger partial charge is 0.334 e. The number of nitrogens with zero attached hydrogens (tertiary/aromatic N) is 1. The van der Waals surface area contributed by atoms with Crippen LogP contribution in [0.4, 0.5) is 0 Å². The highest BCUT2D eigenvalue weighted by atomic mass is 32.1. The smallest absolute Gasteiger partial charge is 0.223 e. The molecule has 1 fully saturated rings. The lowest BCUT2D eigenvalue weighted by atomic mass is 9.93. The van der Waals surface area contributed by atoms with E-state index in [0.717, 1.165) is 26.1 Å². The van der Waals surface area contributed by atoms with Gasteiger partial charge in [0, 0.05) is 17.8 Å². The van der Waals surface area contributed by atoms with Gasteiger partial charge in [-0.15, -0.1) is 17.9 Å². The minimum atomic E-state index is 0.261. The highest BCUT2D eigenvalue weighted by molar-refractivity contribution is 7.09. The number of hydrogen-bond acceptors (Lipinski definition) is 3. The van der Waals surface area contributed by atoms with Gasteiger partial charge in [-0.05, 0) is 49.7 Å². The van der Waals surface area contributed by atoms with E-state index in [9.17, 15) is 4.79 Å². The summed E-state index contributed by atoms with van der Waals surface area (Å²) in [7, 11) is 0. The molecule has 0 spiro atoms. The first-order valence-electron chi connectivity index (χ1n) is 7.41. The van der Waals surface area contributed by atoms with Crippen LogP contribution in [0.5, 0.6) is 0 Å². The Hall–Kier alpha value is -1.13. The number of thiophene rings is 1. The van der Waals surface area contributed by atoms with Crippen molar-refractivity contribution >= 4 is 17.2 Å². The maximum absolute atomic E-state index is 12.4. The van der Waals surface area contributed by atoms with Crippen molar-refractivity contribution < 1.29 is 4.79 Å². The van der Waals surface area contributed by atoms with Crippen molar-refractivity contribution in [1.29, 1.82) is 0 Å². The van der Waals surface area contributed by atoms with Crippen molar-refractivity contribution in [2.24, 2.45) is 5.92 Å². The predicted molar refractivity (Wildman–Crippen MR) is 84.8 cm³/mol. The number of nitrogens with one attached hydrogen (secondary N) is 1. The molecule has 4 heteroatoms. The fourth-order valence-electron chi connectivity index (χ4n) is 2.66. The molecule has 2 rings (SSSR count). The maximum Gasteiger partial charge on any atom is 0.223 e. The molecule has 2 heterocycles. The lowest BCUT2D eigenvalue weighted by molar-refractivity contribution is -0.131. The van der Waals surface area contributed by atoms with Gasteiger partial charge >= 0.3 is 0 Å². The van der Waals surface area contributed by atoms with Gasteiger partial charge in [-0.25, -0.2) is 0 Å². The van der Waals surface area contributed by atoms with E-state index in [2.05, 4.69) is 23.3 Å². The van der Waals surface area contributed by atoms with Crippen molar-refractivity contribution in [3.63, 3.8) is 0 Å². The first-order valence-corrected chi connectivity index (χ1v) is 8.29. The van der Waals surface area contributed by atoms with Gasteiger partial charge < -0.3 is 10.2 Å². The molecule has 1 saturated heterocycles. The van der Waals surface area contributed by atoms with Crippen LogP contribution in [0, 0.1) is 5.92 Å². The van der Waals surface area contributed by atoms with Crippen LogP contribution < -0.4 is 5.32 Å². The van der Waals surface area contributed by atoms with E-state index in [1.54, 1.807) is 11.3 Å². The first-order chi connectivity index (χ1) is 9.79. The molecular weight excluding hydrogens is 268 g/mol. The van der Waals surface area contributed by atoms with E-state index in [4.69, 9.17) is 0 Å². The van der Waals surface area contributed by atoms with E-state index in [1.807, 2.05) is 17.0 Å². The predicted octanol–water partition coefficient (Wildman–Crippen LogP) is 3.04. The molecule has 1 amide bonds. The summed E-state index contributed by atoms with van der Waals surface area (Å²) in [6.45, 7) is 7.33. The van der Waals surface area contributed by atoms with E-state index < -0.39 is 0 Å². The molecule has 1 aromatic heterocycles. The monoisotopic (exact) mass is 292 g/mol. The number of piperidine rings is 1. The molecule has 0 saturated carbocycles. The Morgan fingerprint density at radius 1 is 1.50 bits per heavy atom. The Balaban J connectivity index is 1.81. The van der Waals surface area contributed by atoms with Gasteiger partial charge in [-0.2, -0.15) is 0 Å². The van der Waals surface area contributed by atoms with Gasteiger partial charge in [0.25, 0.3) is 0 Å². The second kappa shape index (κ2) is 8.22. The van der Waals surface area contributed by atoms with Crippen LogP contribution in [0.25, 0.3) is 0 Å². The Bertz CT molecular complexity index is 410. The quantitative estimate of drug-likeness (QED) is 0.783. The number of rotatable bonds is 7. The third kappa shape index (κ3) is 4.76. The molecule has 110 valence electrons. The summed E-state index contributed by atoms with van der Waals surface area (Å²) in [4.78, 5) is 15.5. The number of carbonyl (C=O) groups excluding carboxylic acids is 1. The van der Waals surface area contributed by atoms with Crippen LogP contribution in [0.1, 0.15) is 30.6 Å². The number of amides is 1. The summed E-state index contributed by atoms with van der Waals surface area (Å²) in [6, 6.07) is 4.12. The molecular formula is C16H24N2OS. The number of hydrogen-bond donors (Lipinski definition) is 1. The van der Waals surface area contributed by atoms with Crippen molar-refractivity contribution in [2.75, 3.05) is 19.6 Å². The minimum absolute atomic E-state index is 0.261. The summed E-state index contributed by atoms with van der Waals surface area (Å²) < 4.78 is 0. The van der Waals surface area contributed by atoms with E-state index in [0.29, 0.717) is 18.9 Å². The van der Waals surface area contributed by atoms with E-state index in [-0.39, 0.29) is 5.91 Å². The molecule has 1 aliphatic heterocycles. The fourth-order valence-corrected chi connectivity index (χ4v) is 3.38. The molecule has 1 aromatic rings. The van der Waals surface area contributed by atoms with E-state index >= 15 is 0 Å². The maximum atomic E-state index is 12.4. The summed E-state index contributed by atoms with van der Waals surface area (Å²) in [5, 5.41) is 5.42. The number of carbonyl (C=O) groups is 1. The highest BCUT2D eigenvalue weighted by Crippen LogP contribution is 2.19. The molecule has 3 nitrogen and oxygen atoms in total. The molecule has 20 heavy (non-hydrogen) atoms. The van der Waals surface area contributed by atoms with Crippen molar-refractivity contribution in [1.82, 2.24) is 10.2 Å². The van der Waals surface area contributed by atoms with Crippen LogP contribution in [-0.4, -0.2) is 30.4 Å². The van der Waals surface area contributed by atoms with Gasteiger partial charge in [0.15, 0.2) is 0 Å². The van der Waals surface area contributed by atoms with Gasteiger partial charge in [-0.3, -0.25) is 4.79 Å². The average molecular weight is 292 g/mol. The Labute approximate surface area is 125 Å². The Morgan fingerprint density at radius 3 is 2.95 bits per heavy atom. The Kier molecular flexibility index (Phi) is 6.27. The lowest BCUT2D eigenvalue weighted by Gasteiger charge is -2.24. The van der Waals surface area contributed by atoms with Gasteiger partial charge in [0.2, 0.25) is 5.91 Å². The lowest BCUT2D eigenvalue weighted by Crippen LogP contribution is -2.32. The average Bonchev–Trinajstić information content (AvgIpc) is 2.98. The molecule has 0 radical (unpaired) electrons. The topological polar surface area (TPSA) is 32.3 Å². The fraction of sp³-hybridized carbons (Fsp3) is 0.562. The van der Waals surface area contributed by atoms with Crippen LogP contribution in [0.2, 0.25) is 0 Å². The molecule has 1 aliphatic rings. The third-order valence-electron chi connectivity index (χ3n) is 3.85. The van der Waals surface area contributed by atoms with Crippen molar-refractivity contribution in [2.45, 2.75) is 32.2 Å². The molecule has 0 aromatic carbocycles. The zero-order valence-corrected chi connectivity index (χ0v) is 12.8. The van der Waals surface area contributed by atoms with Crippen LogP contribution >= 0.6 is 11.3 Å². The van der Waals surface area contributed by atoms with Crippen LogP contribution in [0.15, 0.2) is 30.2 Å². The Morgan fingerprint density at radius 2 is 2.30 bits per heavy atom. The summed E-state index contributed by atoms with van der Waals surface area (Å²) >= 11 is 1.70. The first kappa shape index (κ1) is 15.3. The highest BCUT2D eigenvalue weighted by Gasteiger charge is 2.17. The summed E-state index contributed by atoms with van der Waals surface area (Å²) in [6.07, 6.45) is 5.93. The van der Waals surface area contributed by atoms with E-state index in [1.165, 1.54) is 17.7 Å². The standard InChI is InChI=1S/C16H24N2OS/c1-2-11-18(13-15-4-3-12-20-15)16(19)6-5-14-7-9-17-10-8-14/h2-4,12,14,17H,1,5-11,13H2. The molecule has 0 aliphatic carbocycles. The molecule has 0 unspecified atom stereocenters. The van der Waals surface area contributed by atoms with Crippen molar-refractivity contribution in [3.05, 3.63) is 35.0 Å². The third-order valence-corrected chi connectivity index (χ3v) is 4.72. The zero-order valence-electron chi connectivity index (χ0n) is 12.0. The summed E-state index contributed by atoms with van der Waals surface area (Å²) in [5.74, 6) is 0.976. The second-order valence-electron chi connectivity index (χ2n) is 5.37. The van der Waals surface area contributed by atoms with Gasteiger partial charge in [0.1, 0.15) is 0 Å².